The van der Waals surface area contributed by atoms with Crippen molar-refractivity contribution in [2.24, 2.45) is 5.92 Å². The SMILES string of the molecule is COc1ccc(C(=O)N[C@@H]2C[C@H]3C(=O)N[C@]4(C(=O)NS(=O)(=O)C5CC5)C[C@@H]4/C=C\CCCCC[C@H](NC(=O)OC4CCCC4)C(=O)N3C2)cc1. The monoisotopic (exact) mass is 713 g/mol. The number of nitrogens with zero attached hydrogens (tertiary/aromatic N) is 1. The largest absolute Gasteiger partial charge is 0.497 e. The molecule has 1 aromatic rings. The summed E-state index contributed by atoms with van der Waals surface area (Å²) in [5.74, 6) is -2.19. The molecule has 0 aromatic heterocycles. The number of carbonyl (C=O) groups is 5. The average molecular weight is 714 g/mol. The molecular weight excluding hydrogens is 666 g/mol. The molecule has 4 fully saturated rings. The highest BCUT2D eigenvalue weighted by Crippen LogP contribution is 2.46. The van der Waals surface area contributed by atoms with Gasteiger partial charge in [0.15, 0.2) is 0 Å². The van der Waals surface area contributed by atoms with Crippen molar-refractivity contribution in [2.75, 3.05) is 13.7 Å². The van der Waals surface area contributed by atoms with Gasteiger partial charge in [-0.1, -0.05) is 25.0 Å². The van der Waals surface area contributed by atoms with Gasteiger partial charge in [-0.25, -0.2) is 13.2 Å². The van der Waals surface area contributed by atoms with Crippen LogP contribution in [0.2, 0.25) is 0 Å². The summed E-state index contributed by atoms with van der Waals surface area (Å²) < 4.78 is 38.5. The van der Waals surface area contributed by atoms with Crippen molar-refractivity contribution < 1.29 is 41.9 Å². The molecule has 5 aliphatic rings. The summed E-state index contributed by atoms with van der Waals surface area (Å²) in [5.41, 5.74) is -1.14. The highest BCUT2D eigenvalue weighted by Gasteiger charge is 2.62. The molecule has 272 valence electrons. The minimum atomic E-state index is -3.88. The molecule has 3 aliphatic carbocycles. The molecule has 6 rings (SSSR count). The third-order valence-electron chi connectivity index (χ3n) is 10.4. The van der Waals surface area contributed by atoms with E-state index in [1.54, 1.807) is 24.3 Å². The molecule has 5 amide bonds. The Morgan fingerprint density at radius 3 is 2.36 bits per heavy atom. The Bertz CT molecular complexity index is 1610. The van der Waals surface area contributed by atoms with Crippen molar-refractivity contribution in [3.05, 3.63) is 42.0 Å². The van der Waals surface area contributed by atoms with Crippen molar-refractivity contribution in [2.45, 2.75) is 118 Å². The number of hydrogen-bond donors (Lipinski definition) is 4. The first-order chi connectivity index (χ1) is 24.0. The van der Waals surface area contributed by atoms with Gasteiger partial charge in [0.1, 0.15) is 29.5 Å². The molecule has 0 radical (unpaired) electrons. The molecule has 50 heavy (non-hydrogen) atoms. The molecule has 5 atom stereocenters. The van der Waals surface area contributed by atoms with Crippen LogP contribution in [0.25, 0.3) is 0 Å². The van der Waals surface area contributed by atoms with Gasteiger partial charge < -0.3 is 30.3 Å². The first kappa shape index (κ1) is 35.7. The van der Waals surface area contributed by atoms with Gasteiger partial charge in [-0.2, -0.15) is 0 Å². The zero-order valence-corrected chi connectivity index (χ0v) is 29.2. The first-order valence-electron chi connectivity index (χ1n) is 17.8. The Morgan fingerprint density at radius 2 is 1.66 bits per heavy atom. The Labute approximate surface area is 292 Å². The van der Waals surface area contributed by atoms with Crippen LogP contribution in [0.4, 0.5) is 4.79 Å². The Hall–Kier alpha value is -4.14. The molecule has 4 N–H and O–H groups in total. The van der Waals surface area contributed by atoms with E-state index in [0.717, 1.165) is 38.5 Å². The van der Waals surface area contributed by atoms with Crippen LogP contribution in [-0.2, 0) is 29.1 Å². The molecule has 2 aliphatic heterocycles. The predicted molar refractivity (Wildman–Crippen MR) is 181 cm³/mol. The van der Waals surface area contributed by atoms with Gasteiger partial charge in [0.2, 0.25) is 21.8 Å². The third-order valence-corrected chi connectivity index (χ3v) is 12.3. The number of amides is 5. The summed E-state index contributed by atoms with van der Waals surface area (Å²) in [4.78, 5) is 69.6. The summed E-state index contributed by atoms with van der Waals surface area (Å²) in [6.07, 6.45) is 10.8. The van der Waals surface area contributed by atoms with Crippen LogP contribution in [0.5, 0.6) is 5.75 Å². The second kappa shape index (κ2) is 15.0. The summed E-state index contributed by atoms with van der Waals surface area (Å²) >= 11 is 0. The van der Waals surface area contributed by atoms with Crippen molar-refractivity contribution in [3.8, 4) is 5.75 Å². The number of alkyl carbamates (subject to hydrolysis) is 1. The molecule has 0 bridgehead atoms. The van der Waals surface area contributed by atoms with E-state index in [9.17, 15) is 32.4 Å². The summed E-state index contributed by atoms with van der Waals surface area (Å²) in [6, 6.07) is 3.79. The van der Waals surface area contributed by atoms with E-state index < -0.39 is 74.6 Å². The maximum atomic E-state index is 14.3. The summed E-state index contributed by atoms with van der Waals surface area (Å²) in [5, 5.41) is 7.90. The van der Waals surface area contributed by atoms with E-state index in [2.05, 4.69) is 20.7 Å². The molecule has 3 saturated carbocycles. The van der Waals surface area contributed by atoms with Crippen LogP contribution in [0.3, 0.4) is 0 Å². The summed E-state index contributed by atoms with van der Waals surface area (Å²) in [6.45, 7) is -0.0206. The van der Waals surface area contributed by atoms with Crippen molar-refractivity contribution >= 4 is 39.7 Å². The number of benzene rings is 1. The van der Waals surface area contributed by atoms with E-state index in [1.165, 1.54) is 12.0 Å². The topological polar surface area (TPSA) is 189 Å². The highest BCUT2D eigenvalue weighted by atomic mass is 32.2. The second-order valence-corrected chi connectivity index (χ2v) is 16.1. The van der Waals surface area contributed by atoms with E-state index in [-0.39, 0.29) is 25.5 Å². The Morgan fingerprint density at radius 1 is 0.940 bits per heavy atom. The van der Waals surface area contributed by atoms with E-state index in [4.69, 9.17) is 9.47 Å². The molecular formula is C35H47N5O9S. The van der Waals surface area contributed by atoms with Crippen LogP contribution in [0.1, 0.15) is 93.8 Å². The standard InChI is InChI=1S/C35H47N5O9S/c1-48-25-15-13-22(14-16-25)30(41)36-24-19-29-31(42)38-35(33(44)39-50(46,47)27-17-18-27)20-23(35)9-5-3-2-4-6-12-28(32(43)40(29)21-24)37-34(45)49-26-10-7-8-11-26/h5,9,13-16,23-24,26-29H,2-4,6-8,10-12,17-21H2,1H3,(H,36,41)(H,37,45)(H,38,42)(H,39,44)/b9-5-/t23-,24+,28-,29-,35+/m0/s1. The first-order valence-corrected chi connectivity index (χ1v) is 19.3. The van der Waals surface area contributed by atoms with Crippen LogP contribution >= 0.6 is 0 Å². The van der Waals surface area contributed by atoms with Crippen LogP contribution in [0, 0.1) is 5.92 Å². The molecule has 1 saturated heterocycles. The number of sulfonamides is 1. The van der Waals surface area contributed by atoms with Gasteiger partial charge in [0.05, 0.1) is 12.4 Å². The molecule has 0 spiro atoms. The van der Waals surface area contributed by atoms with Gasteiger partial charge in [-0.3, -0.25) is 23.9 Å². The Kier molecular flexibility index (Phi) is 10.7. The normalized spacial score (nSPS) is 29.7. The smallest absolute Gasteiger partial charge is 0.408 e. The average Bonchev–Trinajstić information content (AvgIpc) is 3.97. The number of fused-ring (bicyclic) bond motifs is 2. The lowest BCUT2D eigenvalue weighted by Gasteiger charge is -2.30. The van der Waals surface area contributed by atoms with Crippen LogP contribution in [0.15, 0.2) is 36.4 Å². The van der Waals surface area contributed by atoms with Crippen molar-refractivity contribution in [3.63, 3.8) is 0 Å². The second-order valence-electron chi connectivity index (χ2n) is 14.2. The van der Waals surface area contributed by atoms with Crippen LogP contribution in [-0.4, -0.2) is 91.7 Å². The van der Waals surface area contributed by atoms with Gasteiger partial charge in [0.25, 0.3) is 11.8 Å². The number of rotatable bonds is 8. The fourth-order valence-corrected chi connectivity index (χ4v) is 8.61. The van der Waals surface area contributed by atoms with Crippen LogP contribution < -0.4 is 25.4 Å². The molecule has 14 nitrogen and oxygen atoms in total. The predicted octanol–water partition coefficient (Wildman–Crippen LogP) is 2.44. The number of allylic oxidation sites excluding steroid dienone is 1. The minimum Gasteiger partial charge on any atom is -0.497 e. The highest BCUT2D eigenvalue weighted by molar-refractivity contribution is 7.91. The number of carbonyl (C=O) groups excluding carboxylic acids is 5. The maximum Gasteiger partial charge on any atom is 0.408 e. The van der Waals surface area contributed by atoms with E-state index in [1.807, 2.05) is 12.2 Å². The minimum absolute atomic E-state index is 0.0206. The fraction of sp³-hybridized carbons (Fsp3) is 0.629. The Balaban J connectivity index is 1.25. The number of ether oxygens (including phenoxy) is 2. The third kappa shape index (κ3) is 8.24. The number of hydrogen-bond acceptors (Lipinski definition) is 9. The lowest BCUT2D eigenvalue weighted by molar-refractivity contribution is -0.141. The van der Waals surface area contributed by atoms with Gasteiger partial charge >= 0.3 is 6.09 Å². The fourth-order valence-electron chi connectivity index (χ4n) is 7.25. The van der Waals surface area contributed by atoms with E-state index in [0.29, 0.717) is 43.4 Å². The molecule has 15 heteroatoms. The molecule has 2 heterocycles. The molecule has 1 aromatic carbocycles. The quantitative estimate of drug-likeness (QED) is 0.293. The van der Waals surface area contributed by atoms with Crippen molar-refractivity contribution in [1.82, 2.24) is 25.6 Å². The van der Waals surface area contributed by atoms with Gasteiger partial charge in [-0.15, -0.1) is 0 Å². The van der Waals surface area contributed by atoms with Crippen molar-refractivity contribution in [1.29, 1.82) is 0 Å². The number of nitrogens with one attached hydrogen (secondary N) is 4. The zero-order chi connectivity index (χ0) is 35.5. The molecule has 0 unspecified atom stereocenters. The summed E-state index contributed by atoms with van der Waals surface area (Å²) in [7, 11) is -2.36. The zero-order valence-electron chi connectivity index (χ0n) is 28.4. The maximum absolute atomic E-state index is 14.3. The van der Waals surface area contributed by atoms with Gasteiger partial charge in [0, 0.05) is 24.1 Å². The van der Waals surface area contributed by atoms with Gasteiger partial charge in [-0.05, 0) is 94.9 Å². The number of methoxy groups -OCH3 is 1. The lowest BCUT2D eigenvalue weighted by atomic mass is 10.0. The lowest BCUT2D eigenvalue weighted by Crippen LogP contribution is -2.58. The van der Waals surface area contributed by atoms with E-state index >= 15 is 0 Å².